The number of fused-ring (bicyclic) bond motifs is 3. The van der Waals surface area contributed by atoms with Crippen molar-refractivity contribution in [2.75, 3.05) is 13.2 Å². The molecule has 0 bridgehead atoms. The number of carboxylic acid groups (broad SMARTS) is 1. The van der Waals surface area contributed by atoms with Crippen molar-refractivity contribution in [3.05, 3.63) is 59.7 Å². The van der Waals surface area contributed by atoms with Crippen molar-refractivity contribution in [2.24, 2.45) is 11.3 Å². The van der Waals surface area contributed by atoms with Crippen LogP contribution in [0.1, 0.15) is 63.0 Å². The zero-order valence-electron chi connectivity index (χ0n) is 20.4. The number of aliphatic carboxylic acids is 1. The van der Waals surface area contributed by atoms with E-state index in [9.17, 15) is 19.5 Å². The second-order valence-electron chi connectivity index (χ2n) is 10.1. The number of carboxylic acids is 1. The second-order valence-corrected chi connectivity index (χ2v) is 10.1. The first-order valence-electron chi connectivity index (χ1n) is 12.4. The van der Waals surface area contributed by atoms with Crippen LogP contribution in [0.4, 0.5) is 4.79 Å². The summed E-state index contributed by atoms with van der Waals surface area (Å²) < 4.78 is 5.55. The summed E-state index contributed by atoms with van der Waals surface area (Å²) >= 11 is 0. The van der Waals surface area contributed by atoms with Gasteiger partial charge in [-0.1, -0.05) is 55.5 Å². The SMILES string of the molecule is CC1CCC(CNC(=O)C[C@H](C)NC(=O)OCC2c3ccccc3-c3ccccc32)(C(=O)O)CC1. The van der Waals surface area contributed by atoms with Crippen molar-refractivity contribution in [2.45, 2.75) is 57.9 Å². The largest absolute Gasteiger partial charge is 0.481 e. The molecule has 4 rings (SSSR count). The Bertz CT molecular complexity index is 1040. The minimum atomic E-state index is -0.897. The highest BCUT2D eigenvalue weighted by Crippen LogP contribution is 2.44. The lowest BCUT2D eigenvalue weighted by molar-refractivity contribution is -0.151. The quantitative estimate of drug-likeness (QED) is 0.510. The van der Waals surface area contributed by atoms with Gasteiger partial charge < -0.3 is 20.5 Å². The minimum Gasteiger partial charge on any atom is -0.481 e. The molecule has 0 unspecified atom stereocenters. The fourth-order valence-electron chi connectivity index (χ4n) is 5.29. The van der Waals surface area contributed by atoms with Crippen LogP contribution in [0, 0.1) is 11.3 Å². The summed E-state index contributed by atoms with van der Waals surface area (Å²) in [5.74, 6) is -0.651. The Kier molecular flexibility index (Phi) is 7.43. The maximum atomic E-state index is 12.5. The van der Waals surface area contributed by atoms with Crippen LogP contribution in [0.3, 0.4) is 0 Å². The van der Waals surface area contributed by atoms with E-state index in [-0.39, 0.29) is 31.4 Å². The number of hydrogen-bond acceptors (Lipinski definition) is 4. The molecule has 7 nitrogen and oxygen atoms in total. The summed E-state index contributed by atoms with van der Waals surface area (Å²) in [5, 5.41) is 15.2. The van der Waals surface area contributed by atoms with Gasteiger partial charge in [0.05, 0.1) is 5.41 Å². The Morgan fingerprint density at radius 2 is 1.60 bits per heavy atom. The zero-order valence-corrected chi connectivity index (χ0v) is 20.4. The van der Waals surface area contributed by atoms with Crippen molar-refractivity contribution in [1.29, 1.82) is 0 Å². The number of carbonyl (C=O) groups is 3. The van der Waals surface area contributed by atoms with Gasteiger partial charge in [-0.05, 0) is 60.8 Å². The number of alkyl carbamates (subject to hydrolysis) is 1. The predicted molar refractivity (Wildman–Crippen MR) is 133 cm³/mol. The molecule has 2 aromatic rings. The number of hydrogen-bond donors (Lipinski definition) is 3. The molecule has 186 valence electrons. The van der Waals surface area contributed by atoms with E-state index in [0.717, 1.165) is 35.1 Å². The molecule has 35 heavy (non-hydrogen) atoms. The fraction of sp³-hybridized carbons (Fsp3) is 0.464. The highest BCUT2D eigenvalue weighted by Gasteiger charge is 2.41. The molecule has 0 radical (unpaired) electrons. The van der Waals surface area contributed by atoms with Crippen LogP contribution in [-0.4, -0.2) is 42.3 Å². The first kappa shape index (κ1) is 24.8. The van der Waals surface area contributed by atoms with Crippen LogP contribution in [0.15, 0.2) is 48.5 Å². The third-order valence-corrected chi connectivity index (χ3v) is 7.51. The summed E-state index contributed by atoms with van der Waals surface area (Å²) in [5.41, 5.74) is 3.70. The summed E-state index contributed by atoms with van der Waals surface area (Å²) in [6.45, 7) is 4.18. The monoisotopic (exact) mass is 478 g/mol. The van der Waals surface area contributed by atoms with E-state index in [2.05, 4.69) is 41.8 Å². The number of carbonyl (C=O) groups excluding carboxylic acids is 2. The van der Waals surface area contributed by atoms with Gasteiger partial charge in [0.25, 0.3) is 0 Å². The van der Waals surface area contributed by atoms with E-state index in [1.165, 1.54) is 0 Å². The van der Waals surface area contributed by atoms with E-state index >= 15 is 0 Å². The highest BCUT2D eigenvalue weighted by molar-refractivity contribution is 5.81. The van der Waals surface area contributed by atoms with Gasteiger partial charge in [-0.3, -0.25) is 9.59 Å². The lowest BCUT2D eigenvalue weighted by Gasteiger charge is -2.35. The molecule has 1 fully saturated rings. The van der Waals surface area contributed by atoms with E-state index in [1.54, 1.807) is 6.92 Å². The molecule has 2 aliphatic carbocycles. The molecule has 1 atom stereocenters. The maximum absolute atomic E-state index is 12.5. The van der Waals surface area contributed by atoms with Gasteiger partial charge in [0, 0.05) is 24.9 Å². The first-order chi connectivity index (χ1) is 16.8. The van der Waals surface area contributed by atoms with Crippen molar-refractivity contribution >= 4 is 18.0 Å². The lowest BCUT2D eigenvalue weighted by atomic mass is 9.71. The molecule has 7 heteroatoms. The van der Waals surface area contributed by atoms with Crippen LogP contribution < -0.4 is 10.6 Å². The van der Waals surface area contributed by atoms with Crippen molar-refractivity contribution in [3.8, 4) is 11.1 Å². The Morgan fingerprint density at radius 3 is 2.17 bits per heavy atom. The third kappa shape index (κ3) is 5.50. The van der Waals surface area contributed by atoms with Crippen molar-refractivity contribution in [3.63, 3.8) is 0 Å². The molecular formula is C28H34N2O5. The predicted octanol–water partition coefficient (Wildman–Crippen LogP) is 4.70. The van der Waals surface area contributed by atoms with Gasteiger partial charge in [0.1, 0.15) is 6.61 Å². The van der Waals surface area contributed by atoms with E-state index in [4.69, 9.17) is 4.74 Å². The summed E-state index contributed by atoms with van der Waals surface area (Å²) in [7, 11) is 0. The molecule has 2 aromatic carbocycles. The van der Waals surface area contributed by atoms with Gasteiger partial charge in [0.2, 0.25) is 5.91 Å². The third-order valence-electron chi connectivity index (χ3n) is 7.51. The van der Waals surface area contributed by atoms with E-state index in [1.807, 2.05) is 24.3 Å². The van der Waals surface area contributed by atoms with Crippen LogP contribution in [0.2, 0.25) is 0 Å². The summed E-state index contributed by atoms with van der Waals surface area (Å²) in [6, 6.07) is 15.8. The second kappa shape index (κ2) is 10.5. The molecule has 3 N–H and O–H groups in total. The standard InChI is InChI=1S/C28H34N2O5/c1-18-11-13-28(14-12-18,26(32)33)17-29-25(31)15-19(2)30-27(34)35-16-24-22-9-5-3-7-20(22)21-8-4-6-10-23(21)24/h3-10,18-19,24H,11-17H2,1-2H3,(H,29,31)(H,30,34)(H,32,33)/t18?,19-,28?/m0/s1. The normalized spacial score (nSPS) is 21.9. The Balaban J connectivity index is 1.25. The Labute approximate surface area is 206 Å². The van der Waals surface area contributed by atoms with Crippen molar-refractivity contribution < 1.29 is 24.2 Å². The molecule has 0 aromatic heterocycles. The van der Waals surface area contributed by atoms with Crippen molar-refractivity contribution in [1.82, 2.24) is 10.6 Å². The van der Waals surface area contributed by atoms with Gasteiger partial charge in [0.15, 0.2) is 0 Å². The molecule has 0 saturated heterocycles. The Morgan fingerprint density at radius 1 is 1.03 bits per heavy atom. The molecule has 2 amide bonds. The van der Waals surface area contributed by atoms with Gasteiger partial charge in [-0.25, -0.2) is 4.79 Å². The van der Waals surface area contributed by atoms with Gasteiger partial charge in [-0.15, -0.1) is 0 Å². The van der Waals surface area contributed by atoms with Gasteiger partial charge in [-0.2, -0.15) is 0 Å². The summed E-state index contributed by atoms with van der Waals surface area (Å²) in [4.78, 5) is 36.8. The first-order valence-corrected chi connectivity index (χ1v) is 12.4. The lowest BCUT2D eigenvalue weighted by Crippen LogP contribution is -2.46. The molecule has 0 heterocycles. The molecule has 1 saturated carbocycles. The Hall–Kier alpha value is -3.35. The van der Waals surface area contributed by atoms with E-state index in [0.29, 0.717) is 18.8 Å². The van der Waals surface area contributed by atoms with E-state index < -0.39 is 23.5 Å². The molecular weight excluding hydrogens is 444 g/mol. The van der Waals surface area contributed by atoms with Crippen LogP contribution >= 0.6 is 0 Å². The zero-order chi connectivity index (χ0) is 25.0. The number of benzene rings is 2. The maximum Gasteiger partial charge on any atom is 0.407 e. The average Bonchev–Trinajstić information content (AvgIpc) is 3.16. The fourth-order valence-corrected chi connectivity index (χ4v) is 5.29. The molecule has 2 aliphatic rings. The molecule has 0 aliphatic heterocycles. The van der Waals surface area contributed by atoms with Crippen LogP contribution in [0.25, 0.3) is 11.1 Å². The average molecular weight is 479 g/mol. The smallest absolute Gasteiger partial charge is 0.407 e. The van der Waals surface area contributed by atoms with Gasteiger partial charge >= 0.3 is 12.1 Å². The molecule has 0 spiro atoms. The topological polar surface area (TPSA) is 105 Å². The van der Waals surface area contributed by atoms with Crippen LogP contribution in [0.5, 0.6) is 0 Å². The number of nitrogens with one attached hydrogen (secondary N) is 2. The number of ether oxygens (including phenoxy) is 1. The number of rotatable bonds is 8. The number of amides is 2. The summed E-state index contributed by atoms with van der Waals surface area (Å²) in [6.07, 6.45) is 2.31. The minimum absolute atomic E-state index is 0.0304. The van der Waals surface area contributed by atoms with Crippen LogP contribution in [-0.2, 0) is 14.3 Å². The highest BCUT2D eigenvalue weighted by atomic mass is 16.5.